The summed E-state index contributed by atoms with van der Waals surface area (Å²) in [5.74, 6) is 1.96. The number of hydrogen-bond donors (Lipinski definition) is 1. The van der Waals surface area contributed by atoms with Gasteiger partial charge < -0.3 is 29.0 Å². The Hall–Kier alpha value is -5.51. The van der Waals surface area contributed by atoms with Crippen LogP contribution in [0.25, 0.3) is 11.4 Å². The van der Waals surface area contributed by atoms with E-state index in [1.807, 2.05) is 31.2 Å². The number of methoxy groups -OCH3 is 1. The number of anilines is 1. The number of aryl methyl sites for hydroxylation is 2. The van der Waals surface area contributed by atoms with Crippen LogP contribution in [0.15, 0.2) is 83.3 Å². The summed E-state index contributed by atoms with van der Waals surface area (Å²) >= 11 is 0. The van der Waals surface area contributed by atoms with Gasteiger partial charge in [-0.25, -0.2) is 4.39 Å². The molecule has 0 saturated carbocycles. The molecule has 10 heteroatoms. The van der Waals surface area contributed by atoms with Crippen molar-refractivity contribution in [2.24, 2.45) is 0 Å². The van der Waals surface area contributed by atoms with E-state index in [0.717, 1.165) is 24.0 Å². The van der Waals surface area contributed by atoms with Gasteiger partial charge in [-0.05, 0) is 105 Å². The Morgan fingerprint density at radius 3 is 2.45 bits per heavy atom. The van der Waals surface area contributed by atoms with Crippen LogP contribution in [0.5, 0.6) is 28.7 Å². The summed E-state index contributed by atoms with van der Waals surface area (Å²) in [5, 5.41) is 2.86. The third-order valence-corrected chi connectivity index (χ3v) is 7.99. The fraction of sp³-hybridized carbons (Fsp3) is 0.243. The standard InChI is InChI=1S/C37H35FN2O7/c1-5-44-29-16-17-40(26-11-9-25(38)10-12-26)37(42)33(29)36(41)39-28-14-13-27(20-23(28)3)47-30-15-7-22(2)6-8-24-21-31(43-4)34-35(32(24)30)46-19-18-45-34/h7,9-17,20-21H,5-6,8,18-19H2,1-4H3,(H,39,41). The van der Waals surface area contributed by atoms with E-state index in [4.69, 9.17) is 23.7 Å². The lowest BCUT2D eigenvalue weighted by atomic mass is 9.94. The van der Waals surface area contributed by atoms with Gasteiger partial charge in [0.1, 0.15) is 41.9 Å². The lowest BCUT2D eigenvalue weighted by Gasteiger charge is -2.27. The molecule has 242 valence electrons. The molecule has 1 aliphatic carbocycles. The second kappa shape index (κ2) is 13.5. The number of halogens is 1. The third kappa shape index (κ3) is 6.44. The number of fused-ring (bicyclic) bond motifs is 3. The van der Waals surface area contributed by atoms with Gasteiger partial charge in [-0.3, -0.25) is 14.2 Å². The van der Waals surface area contributed by atoms with E-state index in [1.54, 1.807) is 32.2 Å². The number of nitrogens with one attached hydrogen (secondary N) is 1. The predicted molar refractivity (Wildman–Crippen MR) is 177 cm³/mol. The van der Waals surface area contributed by atoms with Crippen molar-refractivity contribution in [3.8, 4) is 34.4 Å². The van der Waals surface area contributed by atoms with Gasteiger partial charge in [-0.1, -0.05) is 11.6 Å². The van der Waals surface area contributed by atoms with Gasteiger partial charge in [0.05, 0.1) is 19.3 Å². The van der Waals surface area contributed by atoms with Crippen molar-refractivity contribution in [1.82, 2.24) is 4.57 Å². The van der Waals surface area contributed by atoms with Gasteiger partial charge >= 0.3 is 0 Å². The third-order valence-electron chi connectivity index (χ3n) is 7.99. The van der Waals surface area contributed by atoms with Crippen molar-refractivity contribution in [3.63, 3.8) is 0 Å². The molecule has 0 saturated heterocycles. The molecule has 1 N–H and O–H groups in total. The van der Waals surface area contributed by atoms with E-state index >= 15 is 0 Å². The zero-order chi connectivity index (χ0) is 33.1. The number of ether oxygens (including phenoxy) is 5. The fourth-order valence-electron chi connectivity index (χ4n) is 5.61. The predicted octanol–water partition coefficient (Wildman–Crippen LogP) is 7.03. The summed E-state index contributed by atoms with van der Waals surface area (Å²) in [6, 6.07) is 14.2. The summed E-state index contributed by atoms with van der Waals surface area (Å²) < 4.78 is 44.6. The number of aromatic nitrogens is 1. The van der Waals surface area contributed by atoms with Crippen LogP contribution >= 0.6 is 0 Å². The zero-order valence-corrected chi connectivity index (χ0v) is 26.6. The Kier molecular flexibility index (Phi) is 9.01. The lowest BCUT2D eigenvalue weighted by molar-refractivity contribution is 0.102. The molecule has 2 heterocycles. The van der Waals surface area contributed by atoms with Crippen LogP contribution in [0.4, 0.5) is 10.1 Å². The topological polar surface area (TPSA) is 97.3 Å². The van der Waals surface area contributed by atoms with E-state index in [1.165, 1.54) is 40.6 Å². The number of benzene rings is 3. The van der Waals surface area contributed by atoms with Crippen LogP contribution in [0, 0.1) is 12.7 Å². The molecule has 0 bridgehead atoms. The Bertz CT molecular complexity index is 1960. The number of allylic oxidation sites excluding steroid dienone is 3. The Labute approximate surface area is 271 Å². The van der Waals surface area contributed by atoms with Crippen LogP contribution in [0.2, 0.25) is 0 Å². The van der Waals surface area contributed by atoms with Gasteiger partial charge in [0.25, 0.3) is 11.5 Å². The quantitative estimate of drug-likeness (QED) is 0.221. The molecular formula is C37H35FN2O7. The Balaban J connectivity index is 1.31. The first-order valence-corrected chi connectivity index (χ1v) is 15.4. The number of carbonyl (C=O) groups is 1. The van der Waals surface area contributed by atoms with Gasteiger partial charge in [0, 0.05) is 17.6 Å². The van der Waals surface area contributed by atoms with Crippen LogP contribution < -0.4 is 34.6 Å². The molecule has 1 aromatic heterocycles. The SMILES string of the molecule is CCOc1ccn(-c2ccc(F)cc2)c(=O)c1C(=O)Nc1ccc(OC2=CC=C(C)CCc3cc(OC)c4c(c32)OCCO4)cc1C. The van der Waals surface area contributed by atoms with Crippen molar-refractivity contribution in [2.45, 2.75) is 33.6 Å². The average Bonchev–Trinajstić information content (AvgIpc) is 3.06. The molecule has 1 aliphatic heterocycles. The first-order valence-electron chi connectivity index (χ1n) is 15.4. The van der Waals surface area contributed by atoms with Gasteiger partial charge in [-0.2, -0.15) is 0 Å². The highest BCUT2D eigenvalue weighted by atomic mass is 19.1. The minimum atomic E-state index is -0.637. The van der Waals surface area contributed by atoms with Crippen LogP contribution in [0.1, 0.15) is 47.3 Å². The summed E-state index contributed by atoms with van der Waals surface area (Å²) in [6.07, 6.45) is 7.10. The van der Waals surface area contributed by atoms with Crippen molar-refractivity contribution >= 4 is 17.4 Å². The maximum absolute atomic E-state index is 13.6. The number of rotatable bonds is 8. The number of hydrogen-bond acceptors (Lipinski definition) is 7. The number of carbonyl (C=O) groups excluding carboxylic acids is 1. The summed E-state index contributed by atoms with van der Waals surface area (Å²) in [6.45, 7) is 6.76. The van der Waals surface area contributed by atoms with Crippen LogP contribution in [0.3, 0.4) is 0 Å². The molecule has 0 unspecified atom stereocenters. The smallest absolute Gasteiger partial charge is 0.271 e. The monoisotopic (exact) mass is 638 g/mol. The van der Waals surface area contributed by atoms with Crippen LogP contribution in [-0.2, 0) is 6.42 Å². The van der Waals surface area contributed by atoms with Crippen molar-refractivity contribution in [1.29, 1.82) is 0 Å². The highest BCUT2D eigenvalue weighted by molar-refractivity contribution is 6.06. The second-order valence-corrected chi connectivity index (χ2v) is 11.2. The van der Waals surface area contributed by atoms with E-state index in [2.05, 4.69) is 12.2 Å². The number of nitrogens with zero attached hydrogens (tertiary/aromatic N) is 1. The minimum Gasteiger partial charge on any atom is -0.493 e. The maximum Gasteiger partial charge on any atom is 0.271 e. The molecule has 0 spiro atoms. The van der Waals surface area contributed by atoms with E-state index in [0.29, 0.717) is 58.9 Å². The number of pyridine rings is 1. The van der Waals surface area contributed by atoms with Gasteiger partial charge in [0.2, 0.25) is 5.75 Å². The molecule has 1 amide bonds. The average molecular weight is 639 g/mol. The first kappa shape index (κ1) is 31.5. The maximum atomic E-state index is 13.6. The summed E-state index contributed by atoms with van der Waals surface area (Å²) in [5.41, 5.74) is 3.88. The summed E-state index contributed by atoms with van der Waals surface area (Å²) in [7, 11) is 1.61. The number of amides is 1. The van der Waals surface area contributed by atoms with E-state index < -0.39 is 17.3 Å². The zero-order valence-electron chi connectivity index (χ0n) is 26.6. The highest BCUT2D eigenvalue weighted by Crippen LogP contribution is 2.47. The Morgan fingerprint density at radius 2 is 1.72 bits per heavy atom. The van der Waals surface area contributed by atoms with E-state index in [-0.39, 0.29) is 17.9 Å². The molecule has 6 rings (SSSR count). The van der Waals surface area contributed by atoms with Gasteiger partial charge in [-0.15, -0.1) is 0 Å². The second-order valence-electron chi connectivity index (χ2n) is 11.2. The summed E-state index contributed by atoms with van der Waals surface area (Å²) in [4.78, 5) is 27.1. The van der Waals surface area contributed by atoms with E-state index in [9.17, 15) is 14.0 Å². The molecule has 47 heavy (non-hydrogen) atoms. The van der Waals surface area contributed by atoms with Gasteiger partial charge in [0.15, 0.2) is 11.5 Å². The molecule has 9 nitrogen and oxygen atoms in total. The molecule has 4 aromatic rings. The molecular weight excluding hydrogens is 603 g/mol. The normalized spacial score (nSPS) is 13.7. The molecule has 0 fully saturated rings. The van der Waals surface area contributed by atoms with Crippen molar-refractivity contribution in [2.75, 3.05) is 32.2 Å². The van der Waals surface area contributed by atoms with Crippen LogP contribution in [-0.4, -0.2) is 37.4 Å². The highest BCUT2D eigenvalue weighted by Gasteiger charge is 2.28. The van der Waals surface area contributed by atoms with Crippen molar-refractivity contribution < 1.29 is 32.9 Å². The molecule has 2 aliphatic rings. The fourth-order valence-corrected chi connectivity index (χ4v) is 5.61. The Morgan fingerprint density at radius 1 is 0.957 bits per heavy atom. The molecule has 0 atom stereocenters. The molecule has 0 radical (unpaired) electrons. The first-order chi connectivity index (χ1) is 22.8. The largest absolute Gasteiger partial charge is 0.493 e. The van der Waals surface area contributed by atoms with Crippen molar-refractivity contribution in [3.05, 3.63) is 117 Å². The minimum absolute atomic E-state index is 0.148. The lowest BCUT2D eigenvalue weighted by Crippen LogP contribution is -2.29. The molecule has 3 aromatic carbocycles.